The summed E-state index contributed by atoms with van der Waals surface area (Å²) in [5.41, 5.74) is 0.686. The highest BCUT2D eigenvalue weighted by molar-refractivity contribution is 7.09. The molecule has 0 bridgehead atoms. The summed E-state index contributed by atoms with van der Waals surface area (Å²) < 4.78 is 5.32. The fraction of sp³-hybridized carbons (Fsp3) is 0.765. The van der Waals surface area contributed by atoms with E-state index < -0.39 is 5.60 Å². The van der Waals surface area contributed by atoms with E-state index in [0.717, 1.165) is 36.4 Å². The number of alkyl carbamates (subject to hydrolysis) is 1. The lowest BCUT2D eigenvalue weighted by Crippen LogP contribution is -2.44. The van der Waals surface area contributed by atoms with Crippen LogP contribution in [0.4, 0.5) is 4.79 Å². The van der Waals surface area contributed by atoms with Gasteiger partial charge in [0.2, 0.25) is 0 Å². The minimum absolute atomic E-state index is 0.222. The molecule has 1 aromatic heterocycles. The Morgan fingerprint density at radius 3 is 2.43 bits per heavy atom. The van der Waals surface area contributed by atoms with Gasteiger partial charge in [-0.25, -0.2) is 9.78 Å². The summed E-state index contributed by atoms with van der Waals surface area (Å²) in [5, 5.41) is 9.88. The van der Waals surface area contributed by atoms with Crippen molar-refractivity contribution in [3.63, 3.8) is 0 Å². The van der Waals surface area contributed by atoms with E-state index in [4.69, 9.17) is 4.74 Å². The minimum Gasteiger partial charge on any atom is -0.444 e. The molecule has 1 aliphatic carbocycles. The number of hydrogen-bond acceptors (Lipinski definition) is 5. The first-order valence-electron chi connectivity index (χ1n) is 8.40. The zero-order chi connectivity index (χ0) is 17.0. The number of aryl methyl sites for hydroxylation is 1. The fourth-order valence-corrected chi connectivity index (χ4v) is 3.60. The van der Waals surface area contributed by atoms with Crippen LogP contribution in [0.25, 0.3) is 0 Å². The Labute approximate surface area is 143 Å². The lowest BCUT2D eigenvalue weighted by Gasteiger charge is -2.32. The molecule has 0 radical (unpaired) electrons. The number of ether oxygens (including phenoxy) is 1. The van der Waals surface area contributed by atoms with Gasteiger partial charge in [-0.05, 0) is 60.3 Å². The molecule has 1 aromatic rings. The maximum absolute atomic E-state index is 11.8. The standard InChI is InChI=1S/C17H29N3O2S/c1-11(15-10-23-12(2)19-15)18-13-6-8-14(9-7-13)20-16(21)22-17(3,4)5/h10-11,13-14,18H,6-9H2,1-5H3,(H,20,21). The van der Waals surface area contributed by atoms with Gasteiger partial charge in [0.15, 0.2) is 0 Å². The number of amides is 1. The second-order valence-electron chi connectivity index (χ2n) is 7.37. The van der Waals surface area contributed by atoms with Crippen LogP contribution in [-0.2, 0) is 4.74 Å². The van der Waals surface area contributed by atoms with E-state index in [9.17, 15) is 4.79 Å². The number of carbonyl (C=O) groups excluding carboxylic acids is 1. The van der Waals surface area contributed by atoms with Crippen LogP contribution in [0.5, 0.6) is 0 Å². The molecule has 1 heterocycles. The summed E-state index contributed by atoms with van der Waals surface area (Å²) in [6.07, 6.45) is 3.79. The molecule has 0 spiro atoms. The quantitative estimate of drug-likeness (QED) is 0.872. The maximum atomic E-state index is 11.8. The van der Waals surface area contributed by atoms with Crippen LogP contribution >= 0.6 is 11.3 Å². The first-order chi connectivity index (χ1) is 10.7. The normalized spacial score (nSPS) is 23.3. The molecule has 0 aromatic carbocycles. The number of carbonyl (C=O) groups is 1. The van der Waals surface area contributed by atoms with Gasteiger partial charge in [0.25, 0.3) is 0 Å². The molecular formula is C17H29N3O2S. The Balaban J connectivity index is 1.72. The number of nitrogens with zero attached hydrogens (tertiary/aromatic N) is 1. The third-order valence-electron chi connectivity index (χ3n) is 4.01. The predicted molar refractivity (Wildman–Crippen MR) is 93.8 cm³/mol. The van der Waals surface area contributed by atoms with E-state index in [2.05, 4.69) is 27.9 Å². The molecule has 5 nitrogen and oxygen atoms in total. The average Bonchev–Trinajstić information content (AvgIpc) is 2.85. The molecule has 2 rings (SSSR count). The number of aromatic nitrogens is 1. The van der Waals surface area contributed by atoms with Crippen molar-refractivity contribution >= 4 is 17.4 Å². The SMILES string of the molecule is Cc1nc(C(C)NC2CCC(NC(=O)OC(C)(C)C)CC2)cs1. The van der Waals surface area contributed by atoms with Crippen LogP contribution in [0, 0.1) is 6.92 Å². The smallest absolute Gasteiger partial charge is 0.407 e. The number of rotatable bonds is 4. The van der Waals surface area contributed by atoms with E-state index in [1.54, 1.807) is 11.3 Å². The molecule has 1 amide bonds. The number of hydrogen-bond donors (Lipinski definition) is 2. The van der Waals surface area contributed by atoms with Gasteiger partial charge in [-0.3, -0.25) is 0 Å². The lowest BCUT2D eigenvalue weighted by molar-refractivity contribution is 0.0489. The molecule has 23 heavy (non-hydrogen) atoms. The Morgan fingerprint density at radius 2 is 1.91 bits per heavy atom. The zero-order valence-electron chi connectivity index (χ0n) is 14.8. The van der Waals surface area contributed by atoms with Crippen LogP contribution in [0.3, 0.4) is 0 Å². The summed E-state index contributed by atoms with van der Waals surface area (Å²) in [6.45, 7) is 9.85. The number of thiazole rings is 1. The molecule has 2 N–H and O–H groups in total. The molecule has 1 aliphatic rings. The summed E-state index contributed by atoms with van der Waals surface area (Å²) in [4.78, 5) is 16.4. The predicted octanol–water partition coefficient (Wildman–Crippen LogP) is 3.94. The third kappa shape index (κ3) is 6.11. The van der Waals surface area contributed by atoms with Gasteiger partial charge in [-0.1, -0.05) is 0 Å². The fourth-order valence-electron chi connectivity index (χ4n) is 2.90. The molecule has 130 valence electrons. The highest BCUT2D eigenvalue weighted by atomic mass is 32.1. The largest absolute Gasteiger partial charge is 0.444 e. The first kappa shape index (κ1) is 18.2. The summed E-state index contributed by atoms with van der Waals surface area (Å²) in [6, 6.07) is 0.990. The van der Waals surface area contributed by atoms with E-state index in [-0.39, 0.29) is 18.2 Å². The van der Waals surface area contributed by atoms with Gasteiger partial charge in [-0.2, -0.15) is 0 Å². The molecule has 1 saturated carbocycles. The second kappa shape index (κ2) is 7.62. The Kier molecular flexibility index (Phi) is 6.03. The van der Waals surface area contributed by atoms with Gasteiger partial charge in [-0.15, -0.1) is 11.3 Å². The van der Waals surface area contributed by atoms with E-state index >= 15 is 0 Å². The van der Waals surface area contributed by atoms with Gasteiger partial charge >= 0.3 is 6.09 Å². The van der Waals surface area contributed by atoms with Crippen molar-refractivity contribution in [2.75, 3.05) is 0 Å². The van der Waals surface area contributed by atoms with E-state index in [1.165, 1.54) is 0 Å². The van der Waals surface area contributed by atoms with Crippen molar-refractivity contribution < 1.29 is 9.53 Å². The first-order valence-corrected chi connectivity index (χ1v) is 9.28. The van der Waals surface area contributed by atoms with Crippen LogP contribution in [0.2, 0.25) is 0 Å². The molecule has 0 saturated heterocycles. The molecule has 1 unspecified atom stereocenters. The third-order valence-corrected chi connectivity index (χ3v) is 4.81. The van der Waals surface area contributed by atoms with Gasteiger partial charge < -0.3 is 15.4 Å². The van der Waals surface area contributed by atoms with Crippen molar-refractivity contribution in [2.45, 2.75) is 84.0 Å². The monoisotopic (exact) mass is 339 g/mol. The highest BCUT2D eigenvalue weighted by Gasteiger charge is 2.25. The Hall–Kier alpha value is -1.14. The zero-order valence-corrected chi connectivity index (χ0v) is 15.6. The van der Waals surface area contributed by atoms with Gasteiger partial charge in [0.05, 0.1) is 10.7 Å². The lowest BCUT2D eigenvalue weighted by atomic mass is 9.90. The van der Waals surface area contributed by atoms with Crippen molar-refractivity contribution in [1.29, 1.82) is 0 Å². The van der Waals surface area contributed by atoms with Crippen LogP contribution in [-0.4, -0.2) is 28.8 Å². The average molecular weight is 340 g/mol. The van der Waals surface area contributed by atoms with Gasteiger partial charge in [0, 0.05) is 23.5 Å². The number of nitrogens with one attached hydrogen (secondary N) is 2. The van der Waals surface area contributed by atoms with Crippen molar-refractivity contribution in [3.05, 3.63) is 16.1 Å². The minimum atomic E-state index is -0.441. The highest BCUT2D eigenvalue weighted by Crippen LogP contribution is 2.23. The molecule has 1 fully saturated rings. The summed E-state index contributed by atoms with van der Waals surface area (Å²) in [7, 11) is 0. The van der Waals surface area contributed by atoms with Crippen molar-refractivity contribution in [3.8, 4) is 0 Å². The maximum Gasteiger partial charge on any atom is 0.407 e. The summed E-state index contributed by atoms with van der Waals surface area (Å²) in [5.74, 6) is 0. The topological polar surface area (TPSA) is 63.2 Å². The second-order valence-corrected chi connectivity index (χ2v) is 8.44. The van der Waals surface area contributed by atoms with Crippen LogP contribution in [0.1, 0.15) is 70.1 Å². The van der Waals surface area contributed by atoms with Gasteiger partial charge in [0.1, 0.15) is 5.60 Å². The van der Waals surface area contributed by atoms with E-state index in [1.807, 2.05) is 27.7 Å². The van der Waals surface area contributed by atoms with E-state index in [0.29, 0.717) is 6.04 Å². The Bertz CT molecular complexity index is 516. The molecule has 1 atom stereocenters. The van der Waals surface area contributed by atoms with Crippen molar-refractivity contribution in [2.24, 2.45) is 0 Å². The molecule has 6 heteroatoms. The molecule has 0 aliphatic heterocycles. The van der Waals surface area contributed by atoms with Crippen LogP contribution in [0.15, 0.2) is 5.38 Å². The summed E-state index contributed by atoms with van der Waals surface area (Å²) >= 11 is 1.69. The Morgan fingerprint density at radius 1 is 1.30 bits per heavy atom. The molecular weight excluding hydrogens is 310 g/mol. The van der Waals surface area contributed by atoms with Crippen molar-refractivity contribution in [1.82, 2.24) is 15.6 Å². The van der Waals surface area contributed by atoms with Crippen LogP contribution < -0.4 is 10.6 Å².